The van der Waals surface area contributed by atoms with Crippen molar-refractivity contribution in [2.24, 2.45) is 0 Å². The summed E-state index contributed by atoms with van der Waals surface area (Å²) in [5.41, 5.74) is 0.284. The Morgan fingerprint density at radius 1 is 1.20 bits per heavy atom. The highest BCUT2D eigenvalue weighted by molar-refractivity contribution is 7.12. The third-order valence-corrected chi connectivity index (χ3v) is 6.03. The average Bonchev–Trinajstić information content (AvgIpc) is 2.87. The summed E-state index contributed by atoms with van der Waals surface area (Å²) in [6, 6.07) is 6.14. The Morgan fingerprint density at radius 3 is 2.35 bits per heavy atom. The van der Waals surface area contributed by atoms with Crippen molar-refractivity contribution >= 4 is 11.3 Å². The minimum atomic E-state index is 0.284. The van der Waals surface area contributed by atoms with Crippen molar-refractivity contribution in [2.45, 2.75) is 70.5 Å². The lowest BCUT2D eigenvalue weighted by Gasteiger charge is -2.34. The molecule has 1 N–H and O–H groups in total. The minimum Gasteiger partial charge on any atom is -0.317 e. The van der Waals surface area contributed by atoms with Crippen LogP contribution in [0.1, 0.15) is 56.2 Å². The second-order valence-corrected chi connectivity index (χ2v) is 8.39. The monoisotopic (exact) mass is 294 g/mol. The van der Waals surface area contributed by atoms with Crippen LogP contribution in [0.4, 0.5) is 0 Å². The molecule has 1 aromatic rings. The van der Waals surface area contributed by atoms with Gasteiger partial charge in [0.1, 0.15) is 0 Å². The summed E-state index contributed by atoms with van der Waals surface area (Å²) in [4.78, 5) is 5.57. The standard InChI is InChI=1S/C17H30N2S/c1-17(2,3)16-11-10-15(20-16)12-19(5)14-8-6-13(18-4)7-9-14/h10-11,13-14,18H,6-9,12H2,1-5H3. The van der Waals surface area contributed by atoms with E-state index in [-0.39, 0.29) is 5.41 Å². The van der Waals surface area contributed by atoms with E-state index in [0.717, 1.165) is 18.6 Å². The maximum atomic E-state index is 3.42. The molecule has 0 saturated heterocycles. The zero-order valence-electron chi connectivity index (χ0n) is 13.7. The fourth-order valence-electron chi connectivity index (χ4n) is 3.05. The van der Waals surface area contributed by atoms with Crippen molar-refractivity contribution < 1.29 is 0 Å². The molecule has 0 aliphatic heterocycles. The van der Waals surface area contributed by atoms with Crippen LogP contribution in [0.15, 0.2) is 12.1 Å². The van der Waals surface area contributed by atoms with Gasteiger partial charge in [-0.3, -0.25) is 4.90 Å². The van der Waals surface area contributed by atoms with Crippen LogP contribution < -0.4 is 5.32 Å². The third kappa shape index (κ3) is 4.06. The van der Waals surface area contributed by atoms with Crippen molar-refractivity contribution in [3.05, 3.63) is 21.9 Å². The summed E-state index contributed by atoms with van der Waals surface area (Å²) in [7, 11) is 4.38. The Morgan fingerprint density at radius 2 is 1.85 bits per heavy atom. The van der Waals surface area contributed by atoms with Gasteiger partial charge in [-0.15, -0.1) is 11.3 Å². The number of hydrogen-bond acceptors (Lipinski definition) is 3. The summed E-state index contributed by atoms with van der Waals surface area (Å²) in [6.07, 6.45) is 5.31. The Bertz CT molecular complexity index is 411. The molecule has 20 heavy (non-hydrogen) atoms. The second-order valence-electron chi connectivity index (χ2n) is 7.23. The molecule has 0 unspecified atom stereocenters. The van der Waals surface area contributed by atoms with Crippen LogP contribution in [-0.2, 0) is 12.0 Å². The van der Waals surface area contributed by atoms with Gasteiger partial charge in [0.25, 0.3) is 0 Å². The van der Waals surface area contributed by atoms with Crippen LogP contribution in [0.2, 0.25) is 0 Å². The fourth-order valence-corrected chi connectivity index (χ4v) is 4.18. The molecule has 0 aromatic carbocycles. The first-order valence-electron chi connectivity index (χ1n) is 7.87. The molecule has 1 fully saturated rings. The van der Waals surface area contributed by atoms with Crippen molar-refractivity contribution in [2.75, 3.05) is 14.1 Å². The molecular formula is C17H30N2S. The summed E-state index contributed by atoms with van der Waals surface area (Å²) < 4.78 is 0. The SMILES string of the molecule is CNC1CCC(N(C)Cc2ccc(C(C)(C)C)s2)CC1. The van der Waals surface area contributed by atoms with Crippen molar-refractivity contribution in [3.8, 4) is 0 Å². The molecule has 1 saturated carbocycles. The number of nitrogens with zero attached hydrogens (tertiary/aromatic N) is 1. The molecule has 1 aromatic heterocycles. The van der Waals surface area contributed by atoms with Gasteiger partial charge in [0.15, 0.2) is 0 Å². The minimum absolute atomic E-state index is 0.284. The van der Waals surface area contributed by atoms with Crippen molar-refractivity contribution in [3.63, 3.8) is 0 Å². The zero-order chi connectivity index (χ0) is 14.8. The molecule has 2 rings (SSSR count). The van der Waals surface area contributed by atoms with E-state index >= 15 is 0 Å². The molecule has 0 bridgehead atoms. The van der Waals surface area contributed by atoms with Gasteiger partial charge in [-0.1, -0.05) is 20.8 Å². The molecule has 1 aliphatic rings. The molecule has 1 aliphatic carbocycles. The first kappa shape index (κ1) is 16.0. The van der Waals surface area contributed by atoms with E-state index in [1.165, 1.54) is 35.4 Å². The topological polar surface area (TPSA) is 15.3 Å². The predicted molar refractivity (Wildman–Crippen MR) is 89.6 cm³/mol. The normalized spacial score (nSPS) is 24.3. The molecule has 3 heteroatoms. The zero-order valence-corrected chi connectivity index (χ0v) is 14.5. The molecule has 2 nitrogen and oxygen atoms in total. The van der Waals surface area contributed by atoms with Crippen LogP contribution >= 0.6 is 11.3 Å². The van der Waals surface area contributed by atoms with Crippen LogP contribution in [0, 0.1) is 0 Å². The van der Waals surface area contributed by atoms with Gasteiger partial charge in [0, 0.05) is 28.4 Å². The predicted octanol–water partition coefficient (Wildman–Crippen LogP) is 4.01. The van der Waals surface area contributed by atoms with Crippen molar-refractivity contribution in [1.82, 2.24) is 10.2 Å². The summed E-state index contributed by atoms with van der Waals surface area (Å²) in [6.45, 7) is 8.00. The van der Waals surface area contributed by atoms with E-state index in [4.69, 9.17) is 0 Å². The van der Waals surface area contributed by atoms with Gasteiger partial charge >= 0.3 is 0 Å². The molecule has 0 spiro atoms. The third-order valence-electron chi connectivity index (χ3n) is 4.53. The van der Waals surface area contributed by atoms with Crippen LogP contribution in [0.3, 0.4) is 0 Å². The smallest absolute Gasteiger partial charge is 0.0327 e. The largest absolute Gasteiger partial charge is 0.317 e. The van der Waals surface area contributed by atoms with Crippen LogP contribution in [-0.4, -0.2) is 31.1 Å². The first-order chi connectivity index (χ1) is 9.40. The molecule has 0 atom stereocenters. The van der Waals surface area contributed by atoms with Gasteiger partial charge in [-0.25, -0.2) is 0 Å². The number of hydrogen-bond donors (Lipinski definition) is 1. The van der Waals surface area contributed by atoms with Crippen LogP contribution in [0.5, 0.6) is 0 Å². The van der Waals surface area contributed by atoms with E-state index in [9.17, 15) is 0 Å². The highest BCUT2D eigenvalue weighted by atomic mass is 32.1. The van der Waals surface area contributed by atoms with E-state index in [1.807, 2.05) is 11.3 Å². The fraction of sp³-hybridized carbons (Fsp3) is 0.765. The quantitative estimate of drug-likeness (QED) is 0.902. The molecule has 0 amide bonds. The average molecular weight is 295 g/mol. The maximum Gasteiger partial charge on any atom is 0.0327 e. The van der Waals surface area contributed by atoms with E-state index in [1.54, 1.807) is 0 Å². The van der Waals surface area contributed by atoms with E-state index in [2.05, 4.69) is 57.2 Å². The highest BCUT2D eigenvalue weighted by Gasteiger charge is 2.23. The Balaban J connectivity index is 1.88. The molecule has 114 valence electrons. The number of nitrogens with one attached hydrogen (secondary N) is 1. The van der Waals surface area contributed by atoms with Gasteiger partial charge < -0.3 is 5.32 Å². The van der Waals surface area contributed by atoms with Gasteiger partial charge in [0.05, 0.1) is 0 Å². The van der Waals surface area contributed by atoms with E-state index < -0.39 is 0 Å². The second kappa shape index (κ2) is 6.59. The van der Waals surface area contributed by atoms with E-state index in [0.29, 0.717) is 0 Å². The molecular weight excluding hydrogens is 264 g/mol. The first-order valence-corrected chi connectivity index (χ1v) is 8.68. The van der Waals surface area contributed by atoms with Gasteiger partial charge in [-0.2, -0.15) is 0 Å². The summed E-state index contributed by atoms with van der Waals surface area (Å²) >= 11 is 1.98. The maximum absolute atomic E-state index is 3.42. The lowest BCUT2D eigenvalue weighted by atomic mass is 9.90. The lowest BCUT2D eigenvalue weighted by Crippen LogP contribution is -2.39. The summed E-state index contributed by atoms with van der Waals surface area (Å²) in [5.74, 6) is 0. The van der Waals surface area contributed by atoms with Crippen molar-refractivity contribution in [1.29, 1.82) is 0 Å². The summed E-state index contributed by atoms with van der Waals surface area (Å²) in [5, 5.41) is 3.42. The number of thiophene rings is 1. The highest BCUT2D eigenvalue weighted by Crippen LogP contribution is 2.31. The Labute approximate surface area is 128 Å². The Kier molecular flexibility index (Phi) is 5.27. The molecule has 0 radical (unpaired) electrons. The Hall–Kier alpha value is -0.380. The van der Waals surface area contributed by atoms with Gasteiger partial charge in [-0.05, 0) is 57.3 Å². The number of rotatable bonds is 4. The van der Waals surface area contributed by atoms with Crippen LogP contribution in [0.25, 0.3) is 0 Å². The van der Waals surface area contributed by atoms with Gasteiger partial charge in [0.2, 0.25) is 0 Å². The lowest BCUT2D eigenvalue weighted by molar-refractivity contribution is 0.171. The molecule has 1 heterocycles.